The summed E-state index contributed by atoms with van der Waals surface area (Å²) in [5.41, 5.74) is 0. The minimum atomic E-state index is -3.91. The van der Waals surface area contributed by atoms with E-state index in [1.807, 2.05) is 0 Å². The predicted molar refractivity (Wildman–Crippen MR) is 81.0 cm³/mol. The van der Waals surface area contributed by atoms with Crippen molar-refractivity contribution in [2.24, 2.45) is 0 Å². The Morgan fingerprint density at radius 1 is 0.440 bits per heavy atom. The van der Waals surface area contributed by atoms with Crippen molar-refractivity contribution >= 4 is 40.5 Å². The zero-order valence-electron chi connectivity index (χ0n) is 13.7. The molecule has 0 saturated carbocycles. The average molecular weight is 623 g/mol. The van der Waals surface area contributed by atoms with Gasteiger partial charge in [0.15, 0.2) is 0 Å². The normalized spacial score (nSPS) is 11.2. The van der Waals surface area contributed by atoms with Gasteiger partial charge in [0, 0.05) is 23.0 Å². The van der Waals surface area contributed by atoms with Gasteiger partial charge in [-0.3, -0.25) is 0 Å². The van der Waals surface area contributed by atoms with Crippen LogP contribution < -0.4 is 0 Å². The fourth-order valence-corrected chi connectivity index (χ4v) is 0. The van der Waals surface area contributed by atoms with Gasteiger partial charge in [-0.25, -0.2) is 33.7 Å². The predicted octanol–water partition coefficient (Wildman–Crippen LogP) is -1.80. The molecule has 17 heteroatoms. The number of rotatable bonds is 4. The summed E-state index contributed by atoms with van der Waals surface area (Å²) < 4.78 is 113. The van der Waals surface area contributed by atoms with E-state index in [4.69, 9.17) is 0 Å². The zero-order chi connectivity index (χ0) is 20.8. The second-order valence-corrected chi connectivity index (χ2v) is 10.2. The molecule has 0 aromatic carbocycles. The van der Waals surface area contributed by atoms with Crippen LogP contribution in [0.1, 0.15) is 27.7 Å². The molecule has 0 aromatic rings. The summed E-state index contributed by atoms with van der Waals surface area (Å²) in [7, 11) is -15.6. The first-order valence-electron chi connectivity index (χ1n) is 5.98. The first kappa shape index (κ1) is 36.3. The van der Waals surface area contributed by atoms with Gasteiger partial charge in [0.05, 0.1) is 40.5 Å². The molecular formula is C8H20O12ReS4. The van der Waals surface area contributed by atoms with Crippen LogP contribution in [-0.4, -0.2) is 74.9 Å². The maximum absolute atomic E-state index is 9.44. The summed E-state index contributed by atoms with van der Waals surface area (Å²) in [6.07, 6.45) is 0. The average Bonchev–Trinajstić information content (AvgIpc) is 2.37. The fraction of sp³-hybridized carbons (Fsp3) is 1.00. The van der Waals surface area contributed by atoms with E-state index in [9.17, 15) is 51.9 Å². The third kappa shape index (κ3) is 79.9. The second-order valence-electron chi connectivity index (χ2n) is 3.39. The van der Waals surface area contributed by atoms with Crippen molar-refractivity contribution in [3.05, 3.63) is 0 Å². The molecule has 0 amide bonds. The van der Waals surface area contributed by atoms with Gasteiger partial charge in [-0.05, 0) is 0 Å². The summed E-state index contributed by atoms with van der Waals surface area (Å²) in [4.78, 5) is 0. The van der Waals surface area contributed by atoms with E-state index < -0.39 is 40.5 Å². The molecule has 0 saturated heterocycles. The fourth-order valence-electron chi connectivity index (χ4n) is 0. The summed E-state index contributed by atoms with van der Waals surface area (Å²) >= 11 is 0. The number of hydrogen-bond acceptors (Lipinski definition) is 12. The SMILES string of the molecule is CCS(=O)(=O)[O-].CCS(=O)(=O)[O-].CCS(=O)(=O)[O-].CCS(=O)(=O)[O-].[Re+4]. The van der Waals surface area contributed by atoms with E-state index in [-0.39, 0.29) is 43.4 Å². The molecule has 0 spiro atoms. The van der Waals surface area contributed by atoms with Gasteiger partial charge in [-0.2, -0.15) is 0 Å². The Balaban J connectivity index is -0.0000000702. The van der Waals surface area contributed by atoms with Crippen molar-refractivity contribution in [3.63, 3.8) is 0 Å². The summed E-state index contributed by atoms with van der Waals surface area (Å²) in [6, 6.07) is 0. The molecule has 0 aliphatic heterocycles. The Kier molecular flexibility index (Phi) is 23.9. The van der Waals surface area contributed by atoms with Crippen LogP contribution in [0.2, 0.25) is 0 Å². The van der Waals surface area contributed by atoms with Crippen LogP contribution in [0.5, 0.6) is 0 Å². The van der Waals surface area contributed by atoms with Gasteiger partial charge >= 0.3 is 20.4 Å². The molecule has 0 rings (SSSR count). The molecule has 1 radical (unpaired) electrons. The summed E-state index contributed by atoms with van der Waals surface area (Å²) in [5, 5.41) is 0. The van der Waals surface area contributed by atoms with Crippen LogP contribution in [-0.2, 0) is 60.9 Å². The van der Waals surface area contributed by atoms with Crippen LogP contribution in [0.3, 0.4) is 0 Å². The Morgan fingerprint density at radius 2 is 0.480 bits per heavy atom. The van der Waals surface area contributed by atoms with Crippen LogP contribution in [0.25, 0.3) is 0 Å². The van der Waals surface area contributed by atoms with Gasteiger partial charge in [0.1, 0.15) is 0 Å². The van der Waals surface area contributed by atoms with Crippen LogP contribution in [0.15, 0.2) is 0 Å². The molecule has 0 heterocycles. The largest absolute Gasteiger partial charge is 4.00 e. The van der Waals surface area contributed by atoms with Crippen molar-refractivity contribution in [2.45, 2.75) is 27.7 Å². The Bertz CT molecular complexity index is 577. The Labute approximate surface area is 163 Å². The smallest absolute Gasteiger partial charge is 0.748 e. The molecule has 0 atom stereocenters. The minimum Gasteiger partial charge on any atom is -0.748 e. The molecule has 155 valence electrons. The molecule has 0 unspecified atom stereocenters. The van der Waals surface area contributed by atoms with E-state index in [1.165, 1.54) is 27.7 Å². The first-order chi connectivity index (χ1) is 10.2. The molecule has 0 N–H and O–H groups in total. The van der Waals surface area contributed by atoms with Crippen LogP contribution >= 0.6 is 0 Å². The molecule has 25 heavy (non-hydrogen) atoms. The van der Waals surface area contributed by atoms with E-state index in [2.05, 4.69) is 0 Å². The first-order valence-corrected chi connectivity index (χ1v) is 12.3. The maximum Gasteiger partial charge on any atom is 4.00 e. The van der Waals surface area contributed by atoms with Crippen molar-refractivity contribution in [3.8, 4) is 0 Å². The minimum absolute atomic E-state index is 0. The van der Waals surface area contributed by atoms with E-state index >= 15 is 0 Å². The van der Waals surface area contributed by atoms with Crippen molar-refractivity contribution in [1.29, 1.82) is 0 Å². The van der Waals surface area contributed by atoms with E-state index in [0.29, 0.717) is 0 Å². The summed E-state index contributed by atoms with van der Waals surface area (Å²) in [5.74, 6) is -1.25. The van der Waals surface area contributed by atoms with E-state index in [1.54, 1.807) is 0 Å². The molecule has 0 aliphatic carbocycles. The van der Waals surface area contributed by atoms with Gasteiger partial charge in [0.25, 0.3) is 0 Å². The van der Waals surface area contributed by atoms with Gasteiger partial charge in [-0.1, -0.05) is 27.7 Å². The third-order valence-corrected chi connectivity index (χ3v) is 4.24. The van der Waals surface area contributed by atoms with Crippen molar-refractivity contribution in [1.82, 2.24) is 0 Å². The molecule has 12 nitrogen and oxygen atoms in total. The van der Waals surface area contributed by atoms with Crippen molar-refractivity contribution in [2.75, 3.05) is 23.0 Å². The third-order valence-electron chi connectivity index (χ3n) is 1.41. The second kappa shape index (κ2) is 16.5. The van der Waals surface area contributed by atoms with Gasteiger partial charge in [-0.15, -0.1) is 0 Å². The zero-order valence-corrected chi connectivity index (χ0v) is 19.7. The molecule has 0 aliphatic rings. The molecule has 0 aromatic heterocycles. The Morgan fingerprint density at radius 3 is 0.480 bits per heavy atom. The van der Waals surface area contributed by atoms with Gasteiger partial charge < -0.3 is 18.2 Å². The molecular weight excluding hydrogens is 603 g/mol. The summed E-state index contributed by atoms with van der Waals surface area (Å²) in [6.45, 7) is 5.23. The van der Waals surface area contributed by atoms with E-state index in [0.717, 1.165) is 0 Å². The quantitative estimate of drug-likeness (QED) is 0.316. The topological polar surface area (TPSA) is 229 Å². The maximum atomic E-state index is 9.44. The number of hydrogen-bond donors (Lipinski definition) is 0. The van der Waals surface area contributed by atoms with Crippen LogP contribution in [0, 0.1) is 0 Å². The molecule has 0 bridgehead atoms. The monoisotopic (exact) mass is 623 g/mol. The van der Waals surface area contributed by atoms with Crippen LogP contribution in [0.4, 0.5) is 0 Å². The van der Waals surface area contributed by atoms with Crippen molar-refractivity contribution < 1.29 is 72.3 Å². The van der Waals surface area contributed by atoms with Gasteiger partial charge in [0.2, 0.25) is 0 Å². The molecule has 0 fully saturated rings. The standard InChI is InChI=1S/4C2H6O3S.Re/c4*1-2-6(3,4)5;/h4*2H2,1H3,(H,3,4,5);/q;;;;+4/p-4. The Hall–Kier alpha value is 0.302.